The van der Waals surface area contributed by atoms with E-state index in [1.807, 2.05) is 0 Å². The molecule has 1 aliphatic rings. The summed E-state index contributed by atoms with van der Waals surface area (Å²) in [6.45, 7) is 4.63. The summed E-state index contributed by atoms with van der Waals surface area (Å²) < 4.78 is 10.4. The molecule has 0 amide bonds. The van der Waals surface area contributed by atoms with E-state index >= 15 is 0 Å². The van der Waals surface area contributed by atoms with Crippen LogP contribution in [0.2, 0.25) is 0 Å². The van der Waals surface area contributed by atoms with Crippen LogP contribution in [0.15, 0.2) is 0 Å². The van der Waals surface area contributed by atoms with Gasteiger partial charge < -0.3 is 14.6 Å². The molecule has 0 aromatic rings. The van der Waals surface area contributed by atoms with E-state index in [4.69, 9.17) is 14.6 Å². The predicted molar refractivity (Wildman–Crippen MR) is 59.0 cm³/mol. The smallest absolute Gasteiger partial charge is 0.0593 e. The van der Waals surface area contributed by atoms with Crippen LogP contribution < -0.4 is 0 Å². The number of aliphatic hydroxyl groups excluding tert-OH is 1. The van der Waals surface area contributed by atoms with Crippen molar-refractivity contribution in [3.63, 3.8) is 0 Å². The second-order valence-electron chi connectivity index (χ2n) is 3.97. The Bertz CT molecular complexity index is 155. The number of nitrogens with zero attached hydrogens (tertiary/aromatic N) is 1. The Hall–Kier alpha value is -0.160. The Kier molecular flexibility index (Phi) is 6.92. The molecule has 0 radical (unpaired) electrons. The maximum absolute atomic E-state index is 9.11. The van der Waals surface area contributed by atoms with Gasteiger partial charge in [-0.3, -0.25) is 4.90 Å². The van der Waals surface area contributed by atoms with Crippen molar-refractivity contribution in [3.8, 4) is 0 Å². The average molecular weight is 217 g/mol. The molecule has 1 heterocycles. The third kappa shape index (κ3) is 4.93. The molecule has 0 unspecified atom stereocenters. The van der Waals surface area contributed by atoms with Crippen LogP contribution in [0.4, 0.5) is 0 Å². The van der Waals surface area contributed by atoms with E-state index in [2.05, 4.69) is 4.90 Å². The molecular formula is C11H23NO3. The maximum atomic E-state index is 9.11. The van der Waals surface area contributed by atoms with Gasteiger partial charge >= 0.3 is 0 Å². The lowest BCUT2D eigenvalue weighted by molar-refractivity contribution is 0.0720. The van der Waals surface area contributed by atoms with E-state index in [0.29, 0.717) is 6.04 Å². The number of ether oxygens (including phenoxy) is 2. The summed E-state index contributed by atoms with van der Waals surface area (Å²) in [6, 6.07) is 0.368. The minimum Gasteiger partial charge on any atom is -0.395 e. The fraction of sp³-hybridized carbons (Fsp3) is 1.00. The molecule has 15 heavy (non-hydrogen) atoms. The lowest BCUT2D eigenvalue weighted by atomic mass is 10.2. The summed E-state index contributed by atoms with van der Waals surface area (Å²) in [5, 5.41) is 9.11. The van der Waals surface area contributed by atoms with Gasteiger partial charge in [0.2, 0.25) is 0 Å². The molecule has 0 aromatic heterocycles. The molecular weight excluding hydrogens is 194 g/mol. The van der Waals surface area contributed by atoms with Gasteiger partial charge in [0.05, 0.1) is 13.2 Å². The molecule has 0 aliphatic carbocycles. The number of rotatable bonds is 8. The van der Waals surface area contributed by atoms with Crippen molar-refractivity contribution < 1.29 is 14.6 Å². The minimum atomic E-state index is 0.281. The fourth-order valence-corrected chi connectivity index (χ4v) is 1.99. The van der Waals surface area contributed by atoms with Crippen molar-refractivity contribution in [3.05, 3.63) is 0 Å². The first kappa shape index (κ1) is 12.9. The van der Waals surface area contributed by atoms with E-state index in [-0.39, 0.29) is 6.61 Å². The zero-order chi connectivity index (χ0) is 10.9. The molecule has 1 fully saturated rings. The molecule has 1 N–H and O–H groups in total. The molecule has 1 atom stereocenters. The van der Waals surface area contributed by atoms with Crippen LogP contribution in [-0.4, -0.2) is 62.7 Å². The standard InChI is InChI=1S/C11H23NO3/c1-14-7-3-8-15-9-6-12-5-2-4-11(12)10-13/h11,13H,2-10H2,1H3/t11-/m1/s1. The van der Waals surface area contributed by atoms with Gasteiger partial charge in [-0.1, -0.05) is 0 Å². The number of aliphatic hydroxyl groups is 1. The van der Waals surface area contributed by atoms with Gasteiger partial charge in [-0.2, -0.15) is 0 Å². The Morgan fingerprint density at radius 1 is 1.33 bits per heavy atom. The lowest BCUT2D eigenvalue weighted by Gasteiger charge is -2.22. The van der Waals surface area contributed by atoms with Crippen molar-refractivity contribution in [2.45, 2.75) is 25.3 Å². The summed E-state index contributed by atoms with van der Waals surface area (Å²) in [5.74, 6) is 0. The number of likely N-dealkylation sites (tertiary alicyclic amines) is 1. The highest BCUT2D eigenvalue weighted by atomic mass is 16.5. The normalized spacial score (nSPS) is 22.4. The molecule has 1 aliphatic heterocycles. The number of methoxy groups -OCH3 is 1. The van der Waals surface area contributed by atoms with Crippen LogP contribution >= 0.6 is 0 Å². The zero-order valence-electron chi connectivity index (χ0n) is 9.65. The molecule has 4 heteroatoms. The van der Waals surface area contributed by atoms with E-state index < -0.39 is 0 Å². The molecule has 0 bridgehead atoms. The highest BCUT2D eigenvalue weighted by molar-refractivity contribution is 4.77. The first-order valence-corrected chi connectivity index (χ1v) is 5.80. The summed E-state index contributed by atoms with van der Waals surface area (Å²) in [6.07, 6.45) is 3.29. The van der Waals surface area contributed by atoms with Crippen LogP contribution in [0, 0.1) is 0 Å². The third-order valence-corrected chi connectivity index (χ3v) is 2.87. The topological polar surface area (TPSA) is 41.9 Å². The molecule has 1 saturated heterocycles. The minimum absolute atomic E-state index is 0.281. The van der Waals surface area contributed by atoms with E-state index in [9.17, 15) is 0 Å². The molecule has 4 nitrogen and oxygen atoms in total. The predicted octanol–water partition coefficient (Wildman–Crippen LogP) is 0.496. The second-order valence-corrected chi connectivity index (χ2v) is 3.97. The highest BCUT2D eigenvalue weighted by Crippen LogP contribution is 2.15. The zero-order valence-corrected chi connectivity index (χ0v) is 9.65. The van der Waals surface area contributed by atoms with Crippen molar-refractivity contribution >= 4 is 0 Å². The van der Waals surface area contributed by atoms with Gasteiger partial charge in [-0.15, -0.1) is 0 Å². The Labute approximate surface area is 92.2 Å². The number of hydrogen-bond acceptors (Lipinski definition) is 4. The van der Waals surface area contributed by atoms with Crippen LogP contribution in [0.3, 0.4) is 0 Å². The van der Waals surface area contributed by atoms with Crippen molar-refractivity contribution in [1.29, 1.82) is 0 Å². The maximum Gasteiger partial charge on any atom is 0.0593 e. The van der Waals surface area contributed by atoms with Crippen molar-refractivity contribution in [1.82, 2.24) is 4.90 Å². The second kappa shape index (κ2) is 8.05. The van der Waals surface area contributed by atoms with Crippen molar-refractivity contribution in [2.75, 3.05) is 46.6 Å². The van der Waals surface area contributed by atoms with Gasteiger partial charge in [0, 0.05) is 32.9 Å². The number of hydrogen-bond donors (Lipinski definition) is 1. The molecule has 1 rings (SSSR count). The van der Waals surface area contributed by atoms with Gasteiger partial charge in [-0.25, -0.2) is 0 Å². The first-order valence-electron chi connectivity index (χ1n) is 5.80. The molecule has 0 aromatic carbocycles. The summed E-state index contributed by atoms with van der Waals surface area (Å²) in [7, 11) is 1.70. The lowest BCUT2D eigenvalue weighted by Crippen LogP contribution is -2.34. The highest BCUT2D eigenvalue weighted by Gasteiger charge is 2.22. The monoisotopic (exact) mass is 217 g/mol. The van der Waals surface area contributed by atoms with E-state index in [1.165, 1.54) is 6.42 Å². The van der Waals surface area contributed by atoms with Gasteiger partial charge in [0.1, 0.15) is 0 Å². The van der Waals surface area contributed by atoms with Crippen molar-refractivity contribution in [2.24, 2.45) is 0 Å². The fourth-order valence-electron chi connectivity index (χ4n) is 1.99. The van der Waals surface area contributed by atoms with Crippen LogP contribution in [0.25, 0.3) is 0 Å². The molecule has 0 saturated carbocycles. The SMILES string of the molecule is COCCCOCCN1CCC[C@@H]1CO. The molecule has 90 valence electrons. The average Bonchev–Trinajstić information content (AvgIpc) is 2.70. The summed E-state index contributed by atoms with van der Waals surface area (Å²) in [4.78, 5) is 2.32. The Morgan fingerprint density at radius 3 is 2.93 bits per heavy atom. The van der Waals surface area contributed by atoms with E-state index in [1.54, 1.807) is 7.11 Å². The largest absolute Gasteiger partial charge is 0.395 e. The first-order chi connectivity index (χ1) is 7.38. The van der Waals surface area contributed by atoms with Crippen LogP contribution in [0.5, 0.6) is 0 Å². The van der Waals surface area contributed by atoms with Gasteiger partial charge in [0.15, 0.2) is 0 Å². The third-order valence-electron chi connectivity index (χ3n) is 2.87. The van der Waals surface area contributed by atoms with Gasteiger partial charge in [0.25, 0.3) is 0 Å². The Balaban J connectivity index is 1.95. The quantitative estimate of drug-likeness (QED) is 0.601. The van der Waals surface area contributed by atoms with Gasteiger partial charge in [-0.05, 0) is 25.8 Å². The van der Waals surface area contributed by atoms with E-state index in [0.717, 1.165) is 45.8 Å². The summed E-state index contributed by atoms with van der Waals surface area (Å²) in [5.41, 5.74) is 0. The Morgan fingerprint density at radius 2 is 2.20 bits per heavy atom. The van der Waals surface area contributed by atoms with Crippen LogP contribution in [-0.2, 0) is 9.47 Å². The van der Waals surface area contributed by atoms with Crippen LogP contribution in [0.1, 0.15) is 19.3 Å². The summed E-state index contributed by atoms with van der Waals surface area (Å²) >= 11 is 0. The molecule has 0 spiro atoms.